The summed E-state index contributed by atoms with van der Waals surface area (Å²) in [5.74, 6) is -0.415. The van der Waals surface area contributed by atoms with Crippen LogP contribution < -0.4 is 4.72 Å². The fourth-order valence-corrected chi connectivity index (χ4v) is 5.89. The van der Waals surface area contributed by atoms with E-state index in [1.165, 1.54) is 40.6 Å². The third-order valence-electron chi connectivity index (χ3n) is 5.82. The number of allylic oxidation sites excluding steroid dienone is 5. The van der Waals surface area contributed by atoms with Crippen LogP contribution >= 0.6 is 11.8 Å². The molecule has 37 heavy (non-hydrogen) atoms. The van der Waals surface area contributed by atoms with Crippen molar-refractivity contribution in [1.82, 2.24) is 4.72 Å². The van der Waals surface area contributed by atoms with Gasteiger partial charge in [0, 0.05) is 11.5 Å². The number of sulfonamides is 1. The fraction of sp³-hybridized carbons (Fsp3) is 0.367. The molecule has 0 aliphatic rings. The molecule has 0 unspecified atom stereocenters. The molecule has 5 nitrogen and oxygen atoms in total. The zero-order chi connectivity index (χ0) is 27.3. The first-order valence-corrected chi connectivity index (χ1v) is 15.2. The van der Waals surface area contributed by atoms with Crippen LogP contribution in [0.3, 0.4) is 0 Å². The van der Waals surface area contributed by atoms with Crippen LogP contribution in [0.15, 0.2) is 94.4 Å². The zero-order valence-electron chi connectivity index (χ0n) is 22.2. The van der Waals surface area contributed by atoms with Gasteiger partial charge < -0.3 is 5.11 Å². The Bertz CT molecular complexity index is 1190. The maximum absolute atomic E-state index is 12.8. The molecule has 0 heterocycles. The molecular formula is C30H39NO4S2. The van der Waals surface area contributed by atoms with Crippen molar-refractivity contribution in [2.24, 2.45) is 0 Å². The molecule has 0 radical (unpaired) electrons. The average molecular weight is 542 g/mol. The van der Waals surface area contributed by atoms with Crippen LogP contribution in [0.5, 0.6) is 0 Å². The number of hydrogen-bond acceptors (Lipinski definition) is 4. The van der Waals surface area contributed by atoms with Gasteiger partial charge in [0.15, 0.2) is 0 Å². The van der Waals surface area contributed by atoms with E-state index in [0.29, 0.717) is 5.75 Å². The highest BCUT2D eigenvalue weighted by atomic mass is 32.2. The van der Waals surface area contributed by atoms with Crippen molar-refractivity contribution in [2.45, 2.75) is 64.3 Å². The van der Waals surface area contributed by atoms with E-state index < -0.39 is 22.0 Å². The molecule has 7 heteroatoms. The van der Waals surface area contributed by atoms with E-state index in [0.717, 1.165) is 36.8 Å². The highest BCUT2D eigenvalue weighted by Crippen LogP contribution is 2.21. The summed E-state index contributed by atoms with van der Waals surface area (Å²) in [5.41, 5.74) is 5.85. The molecule has 2 N–H and O–H groups in total. The molecule has 0 aliphatic heterocycles. The topological polar surface area (TPSA) is 83.5 Å². The lowest BCUT2D eigenvalue weighted by molar-refractivity contribution is -0.138. The van der Waals surface area contributed by atoms with E-state index in [9.17, 15) is 18.3 Å². The van der Waals surface area contributed by atoms with Crippen LogP contribution in [0.1, 0.15) is 53.4 Å². The van der Waals surface area contributed by atoms with Gasteiger partial charge in [-0.3, -0.25) is 4.79 Å². The second-order valence-corrected chi connectivity index (χ2v) is 12.2. The molecule has 200 valence electrons. The summed E-state index contributed by atoms with van der Waals surface area (Å²) >= 11 is 1.40. The van der Waals surface area contributed by atoms with E-state index in [1.54, 1.807) is 12.1 Å². The molecule has 2 aromatic carbocycles. The summed E-state index contributed by atoms with van der Waals surface area (Å²) in [6, 6.07) is 14.9. The van der Waals surface area contributed by atoms with Gasteiger partial charge in [-0.25, -0.2) is 8.42 Å². The van der Waals surface area contributed by atoms with Crippen LogP contribution in [0, 0.1) is 0 Å². The first-order valence-electron chi connectivity index (χ1n) is 12.5. The Hall–Kier alpha value is -2.61. The van der Waals surface area contributed by atoms with Gasteiger partial charge in [0.05, 0.1) is 4.90 Å². The summed E-state index contributed by atoms with van der Waals surface area (Å²) in [6.07, 6.45) is 10.7. The predicted octanol–water partition coefficient (Wildman–Crippen LogP) is 7.24. The molecule has 0 aromatic heterocycles. The van der Waals surface area contributed by atoms with Crippen LogP contribution in [0.25, 0.3) is 11.1 Å². The van der Waals surface area contributed by atoms with Crippen molar-refractivity contribution in [3.63, 3.8) is 0 Å². The van der Waals surface area contributed by atoms with Gasteiger partial charge in [-0.15, -0.1) is 0 Å². The lowest BCUT2D eigenvalue weighted by Crippen LogP contribution is -2.42. The van der Waals surface area contributed by atoms with Crippen molar-refractivity contribution in [1.29, 1.82) is 0 Å². The van der Waals surface area contributed by atoms with E-state index in [1.807, 2.05) is 30.3 Å². The van der Waals surface area contributed by atoms with E-state index in [4.69, 9.17) is 0 Å². The molecule has 1 atom stereocenters. The minimum absolute atomic E-state index is 0.0448. The van der Waals surface area contributed by atoms with Crippen molar-refractivity contribution in [3.05, 3.63) is 89.5 Å². The number of carboxylic acids is 1. The monoisotopic (exact) mass is 541 g/mol. The van der Waals surface area contributed by atoms with Gasteiger partial charge in [0.25, 0.3) is 0 Å². The number of carbonyl (C=O) groups is 1. The zero-order valence-corrected chi connectivity index (χ0v) is 23.9. The molecular weight excluding hydrogens is 502 g/mol. The predicted molar refractivity (Wildman–Crippen MR) is 156 cm³/mol. The second kappa shape index (κ2) is 15.6. The van der Waals surface area contributed by atoms with Gasteiger partial charge in [0.1, 0.15) is 6.04 Å². The van der Waals surface area contributed by atoms with Crippen LogP contribution in [0.4, 0.5) is 0 Å². The lowest BCUT2D eigenvalue weighted by atomic mass is 10.1. The fourth-order valence-electron chi connectivity index (χ4n) is 3.59. The number of benzene rings is 2. The Morgan fingerprint density at radius 1 is 0.865 bits per heavy atom. The average Bonchev–Trinajstić information content (AvgIpc) is 2.86. The first-order chi connectivity index (χ1) is 17.6. The Morgan fingerprint density at radius 2 is 1.43 bits per heavy atom. The van der Waals surface area contributed by atoms with E-state index >= 15 is 0 Å². The number of hydrogen-bond donors (Lipinski definition) is 2. The number of carboxylic acid groups (broad SMARTS) is 1. The highest BCUT2D eigenvalue weighted by molar-refractivity contribution is 7.99. The highest BCUT2D eigenvalue weighted by Gasteiger charge is 2.25. The quantitative estimate of drug-likeness (QED) is 0.183. The van der Waals surface area contributed by atoms with Crippen molar-refractivity contribution < 1.29 is 18.3 Å². The first kappa shape index (κ1) is 30.6. The third kappa shape index (κ3) is 11.5. The van der Waals surface area contributed by atoms with Crippen LogP contribution in [-0.2, 0) is 14.8 Å². The standard InChI is InChI=1S/C30H39NO4S2/c1-23(2)10-8-11-24(3)12-9-13-25(4)20-21-36-22-29(30(32)33)31-37(34,35)28-18-16-27(17-19-28)26-14-6-5-7-15-26/h5-7,10,12,14-20,29,31H,8-9,11,13,21-22H2,1-4H3,(H,32,33)/b24-12+,25-20+/t29-/m0/s1. The molecule has 0 fully saturated rings. The molecule has 0 bridgehead atoms. The molecule has 0 aliphatic carbocycles. The summed E-state index contributed by atoms with van der Waals surface area (Å²) < 4.78 is 28.0. The lowest BCUT2D eigenvalue weighted by Gasteiger charge is -2.14. The molecule has 0 spiro atoms. The van der Waals surface area contributed by atoms with Crippen molar-refractivity contribution in [3.8, 4) is 11.1 Å². The minimum Gasteiger partial charge on any atom is -0.480 e. The Balaban J connectivity index is 1.84. The molecule has 0 saturated carbocycles. The second-order valence-electron chi connectivity index (χ2n) is 9.40. The van der Waals surface area contributed by atoms with E-state index in [2.05, 4.69) is 50.6 Å². The van der Waals surface area contributed by atoms with Gasteiger partial charge in [0.2, 0.25) is 10.0 Å². The van der Waals surface area contributed by atoms with Crippen LogP contribution in [-0.4, -0.2) is 37.0 Å². The summed E-state index contributed by atoms with van der Waals surface area (Å²) in [4.78, 5) is 11.8. The minimum atomic E-state index is -3.96. The van der Waals surface area contributed by atoms with Crippen molar-refractivity contribution in [2.75, 3.05) is 11.5 Å². The smallest absolute Gasteiger partial charge is 0.322 e. The van der Waals surface area contributed by atoms with Gasteiger partial charge in [-0.2, -0.15) is 16.5 Å². The number of aliphatic carboxylic acids is 1. The Kier molecular flexibility index (Phi) is 12.9. The molecule has 0 amide bonds. The summed E-state index contributed by atoms with van der Waals surface area (Å²) in [5, 5.41) is 9.58. The molecule has 0 saturated heterocycles. The Morgan fingerprint density at radius 3 is 2.03 bits per heavy atom. The van der Waals surface area contributed by atoms with Crippen LogP contribution in [0.2, 0.25) is 0 Å². The maximum atomic E-state index is 12.8. The molecule has 2 aromatic rings. The number of nitrogens with one attached hydrogen (secondary N) is 1. The third-order valence-corrected chi connectivity index (χ3v) is 8.28. The van der Waals surface area contributed by atoms with Gasteiger partial charge in [-0.1, -0.05) is 77.4 Å². The largest absolute Gasteiger partial charge is 0.480 e. The number of rotatable bonds is 15. The van der Waals surface area contributed by atoms with E-state index in [-0.39, 0.29) is 10.6 Å². The summed E-state index contributed by atoms with van der Waals surface area (Å²) in [7, 11) is -3.96. The SMILES string of the molecule is CC(C)=CCC/C(C)=C/CC/C(C)=C/CSC[C@H](NS(=O)(=O)c1ccc(-c2ccccc2)cc1)C(=O)O. The van der Waals surface area contributed by atoms with Gasteiger partial charge in [-0.05, 0) is 76.6 Å². The normalized spacial score (nSPS) is 13.3. The maximum Gasteiger partial charge on any atom is 0.322 e. The summed E-state index contributed by atoms with van der Waals surface area (Å²) in [6.45, 7) is 8.47. The van der Waals surface area contributed by atoms with Crippen molar-refractivity contribution >= 4 is 27.8 Å². The van der Waals surface area contributed by atoms with Gasteiger partial charge >= 0.3 is 5.97 Å². The molecule has 2 rings (SSSR count). The number of thioether (sulfide) groups is 1. The Labute approximate surface area is 226 Å².